The number of rotatable bonds is 6. The number of nitrogens with zero attached hydrogens (tertiary/aromatic N) is 6. The van der Waals surface area contributed by atoms with Crippen molar-refractivity contribution in [2.75, 3.05) is 18.0 Å². The van der Waals surface area contributed by atoms with Crippen LogP contribution >= 0.6 is 11.6 Å². The lowest BCUT2D eigenvalue weighted by Crippen LogP contribution is -2.41. The zero-order valence-electron chi connectivity index (χ0n) is 12.5. The van der Waals surface area contributed by atoms with Gasteiger partial charge in [-0.1, -0.05) is 11.6 Å². The van der Waals surface area contributed by atoms with Crippen LogP contribution in [0, 0.1) is 0 Å². The van der Waals surface area contributed by atoms with Gasteiger partial charge in [-0.25, -0.2) is 15.6 Å². The second-order valence-corrected chi connectivity index (χ2v) is 4.82. The van der Waals surface area contributed by atoms with E-state index in [0.717, 1.165) is 17.1 Å². The van der Waals surface area contributed by atoms with E-state index in [1.807, 2.05) is 13.0 Å². The molecule has 0 atom stereocenters. The van der Waals surface area contributed by atoms with Crippen LogP contribution < -0.4 is 16.5 Å². The van der Waals surface area contributed by atoms with Crippen molar-refractivity contribution in [3.8, 4) is 5.69 Å². The first kappa shape index (κ1) is 16.7. The van der Waals surface area contributed by atoms with Gasteiger partial charge >= 0.3 is 0 Å². The maximum atomic E-state index is 12.3. The van der Waals surface area contributed by atoms with Gasteiger partial charge in [-0.3, -0.25) is 9.78 Å². The summed E-state index contributed by atoms with van der Waals surface area (Å²) in [4.78, 5) is 17.8. The highest BCUT2D eigenvalue weighted by molar-refractivity contribution is 6.32. The lowest BCUT2D eigenvalue weighted by atomic mass is 10.4. The van der Waals surface area contributed by atoms with Crippen molar-refractivity contribution >= 4 is 29.5 Å². The Morgan fingerprint density at radius 1 is 1.57 bits per heavy atom. The van der Waals surface area contributed by atoms with Crippen molar-refractivity contribution in [1.82, 2.24) is 19.9 Å². The van der Waals surface area contributed by atoms with E-state index in [1.54, 1.807) is 29.3 Å². The van der Waals surface area contributed by atoms with Crippen LogP contribution in [0.15, 0.2) is 35.8 Å². The zero-order chi connectivity index (χ0) is 16.8. The molecule has 2 aromatic heterocycles. The minimum absolute atomic E-state index is 0.143. The van der Waals surface area contributed by atoms with Crippen molar-refractivity contribution < 1.29 is 4.79 Å². The summed E-state index contributed by atoms with van der Waals surface area (Å²) in [7, 11) is 0. The van der Waals surface area contributed by atoms with Gasteiger partial charge in [0.15, 0.2) is 5.15 Å². The van der Waals surface area contributed by atoms with E-state index in [-0.39, 0.29) is 17.6 Å². The van der Waals surface area contributed by atoms with E-state index in [1.165, 1.54) is 4.90 Å². The molecule has 0 aliphatic rings. The van der Waals surface area contributed by atoms with Gasteiger partial charge in [-0.2, -0.15) is 10.2 Å². The van der Waals surface area contributed by atoms with E-state index in [2.05, 4.69) is 15.2 Å². The van der Waals surface area contributed by atoms with Gasteiger partial charge in [-0.05, 0) is 19.1 Å². The molecular weight excluding hydrogens is 320 g/mol. The van der Waals surface area contributed by atoms with Crippen LogP contribution in [0.2, 0.25) is 5.15 Å². The van der Waals surface area contributed by atoms with Gasteiger partial charge in [0.1, 0.15) is 18.6 Å². The molecule has 10 heteroatoms. The summed E-state index contributed by atoms with van der Waals surface area (Å²) in [6, 6.07) is 3.61. The van der Waals surface area contributed by atoms with Gasteiger partial charge in [0.05, 0.1) is 18.1 Å². The highest BCUT2D eigenvalue weighted by Crippen LogP contribution is 2.26. The van der Waals surface area contributed by atoms with E-state index >= 15 is 0 Å². The summed E-state index contributed by atoms with van der Waals surface area (Å²) in [6.07, 6.45) is 5.97. The summed E-state index contributed by atoms with van der Waals surface area (Å²) in [5, 5.41) is 8.96. The highest BCUT2D eigenvalue weighted by atomic mass is 35.5. The lowest BCUT2D eigenvalue weighted by molar-refractivity contribution is -0.119. The number of hydrazone groups is 1. The molecule has 0 unspecified atom stereocenters. The molecule has 9 nitrogen and oxygen atoms in total. The molecule has 0 aliphatic heterocycles. The smallest absolute Gasteiger partial charge is 0.250 e. The Morgan fingerprint density at radius 2 is 2.35 bits per heavy atom. The molecule has 0 aromatic carbocycles. The van der Waals surface area contributed by atoms with Crippen LogP contribution in [-0.2, 0) is 4.79 Å². The standard InChI is InChI=1S/C13H17ClN8O/c1-2-20(12(23)8-22(16)18-9-15)11-7-21(19-13(11)14)10-4-3-5-17-6-10/h3-7,9H,2,8,16H2,1H3,(H2,15,18). The summed E-state index contributed by atoms with van der Waals surface area (Å²) < 4.78 is 1.55. The monoisotopic (exact) mass is 336 g/mol. The first-order valence-corrected chi connectivity index (χ1v) is 7.17. The molecule has 0 saturated carbocycles. The van der Waals surface area contributed by atoms with Crippen molar-refractivity contribution in [3.05, 3.63) is 35.9 Å². The van der Waals surface area contributed by atoms with E-state index in [0.29, 0.717) is 12.2 Å². The third-order valence-corrected chi connectivity index (χ3v) is 3.25. The topological polar surface area (TPSA) is 119 Å². The molecular formula is C13H17ClN8O. The number of aromatic nitrogens is 3. The molecule has 122 valence electrons. The number of hydrogen-bond acceptors (Lipinski definition) is 6. The van der Waals surface area contributed by atoms with Gasteiger partial charge in [-0.15, -0.1) is 0 Å². The molecule has 1 amide bonds. The third-order valence-electron chi connectivity index (χ3n) is 2.98. The Morgan fingerprint density at radius 3 is 2.96 bits per heavy atom. The Hall–Kier alpha value is -2.65. The molecule has 2 heterocycles. The van der Waals surface area contributed by atoms with Crippen molar-refractivity contribution in [1.29, 1.82) is 0 Å². The number of hydrazine groups is 1. The van der Waals surface area contributed by atoms with Crippen molar-refractivity contribution in [2.45, 2.75) is 6.92 Å². The summed E-state index contributed by atoms with van der Waals surface area (Å²) in [6.45, 7) is 2.08. The van der Waals surface area contributed by atoms with Gasteiger partial charge in [0.25, 0.3) is 0 Å². The maximum Gasteiger partial charge on any atom is 0.250 e. The van der Waals surface area contributed by atoms with E-state index in [9.17, 15) is 4.79 Å². The molecule has 0 spiro atoms. The predicted octanol–water partition coefficient (Wildman–Crippen LogP) is 0.351. The number of carbonyl (C=O) groups excluding carboxylic acids is 1. The van der Waals surface area contributed by atoms with Gasteiger partial charge < -0.3 is 10.6 Å². The predicted molar refractivity (Wildman–Crippen MR) is 88.0 cm³/mol. The number of nitrogens with two attached hydrogens (primary N) is 2. The average molecular weight is 337 g/mol. The van der Waals surface area contributed by atoms with E-state index < -0.39 is 0 Å². The number of carbonyl (C=O) groups is 1. The summed E-state index contributed by atoms with van der Waals surface area (Å²) in [5.74, 6) is 5.25. The van der Waals surface area contributed by atoms with Crippen molar-refractivity contribution in [3.63, 3.8) is 0 Å². The molecule has 2 aromatic rings. The lowest BCUT2D eigenvalue weighted by Gasteiger charge is -2.21. The molecule has 0 saturated heterocycles. The summed E-state index contributed by atoms with van der Waals surface area (Å²) in [5.41, 5.74) is 6.35. The van der Waals surface area contributed by atoms with Crippen LogP contribution in [0.5, 0.6) is 0 Å². The molecule has 23 heavy (non-hydrogen) atoms. The SMILES string of the molecule is CCN(C(=O)CN(N)N=CN)c1cn(-c2cccnc2)nc1Cl. The molecule has 0 fully saturated rings. The second kappa shape index (κ2) is 7.56. The molecule has 0 bridgehead atoms. The van der Waals surface area contributed by atoms with Crippen LogP contribution in [0.1, 0.15) is 6.92 Å². The number of pyridine rings is 1. The second-order valence-electron chi connectivity index (χ2n) is 4.46. The first-order valence-electron chi connectivity index (χ1n) is 6.79. The minimum atomic E-state index is -0.284. The van der Waals surface area contributed by atoms with Crippen LogP contribution in [0.3, 0.4) is 0 Å². The number of likely N-dealkylation sites (N-methyl/N-ethyl adjacent to an activating group) is 1. The minimum Gasteiger partial charge on any atom is -0.388 e. The Bertz CT molecular complexity index is 687. The van der Waals surface area contributed by atoms with Crippen LogP contribution in [0.25, 0.3) is 5.69 Å². The van der Waals surface area contributed by atoms with Crippen molar-refractivity contribution in [2.24, 2.45) is 16.7 Å². The van der Waals surface area contributed by atoms with Crippen LogP contribution in [0.4, 0.5) is 5.69 Å². The molecule has 2 rings (SSSR count). The number of amides is 1. The number of hydrogen-bond donors (Lipinski definition) is 2. The number of halogens is 1. The maximum absolute atomic E-state index is 12.3. The molecule has 4 N–H and O–H groups in total. The Labute approximate surface area is 138 Å². The Kier molecular flexibility index (Phi) is 5.50. The quantitative estimate of drug-likeness (QED) is 0.340. The Balaban J connectivity index is 2.25. The zero-order valence-corrected chi connectivity index (χ0v) is 13.3. The first-order chi connectivity index (χ1) is 11.1. The van der Waals surface area contributed by atoms with Gasteiger partial charge in [0.2, 0.25) is 5.91 Å². The van der Waals surface area contributed by atoms with Crippen LogP contribution in [-0.4, -0.2) is 45.2 Å². The normalized spacial score (nSPS) is 10.9. The largest absolute Gasteiger partial charge is 0.388 e. The molecule has 0 radical (unpaired) electrons. The average Bonchev–Trinajstić information content (AvgIpc) is 2.91. The fraction of sp³-hybridized carbons (Fsp3) is 0.231. The number of anilines is 1. The van der Waals surface area contributed by atoms with Gasteiger partial charge in [0, 0.05) is 12.7 Å². The highest BCUT2D eigenvalue weighted by Gasteiger charge is 2.21. The summed E-state index contributed by atoms with van der Waals surface area (Å²) >= 11 is 6.17. The third kappa shape index (κ3) is 3.96. The van der Waals surface area contributed by atoms with E-state index in [4.69, 9.17) is 23.2 Å². The fourth-order valence-electron chi connectivity index (χ4n) is 1.98. The fourth-order valence-corrected chi connectivity index (χ4v) is 2.21. The molecule has 0 aliphatic carbocycles.